The van der Waals surface area contributed by atoms with Gasteiger partial charge in [0.15, 0.2) is 0 Å². The zero-order chi connectivity index (χ0) is 13.9. The molecule has 0 aromatic carbocycles. The lowest BCUT2D eigenvalue weighted by Crippen LogP contribution is -2.51. The molecule has 108 valence electrons. The Bertz CT molecular complexity index is 456. The monoisotopic (exact) mass is 274 g/mol. The van der Waals surface area contributed by atoms with E-state index in [1.165, 1.54) is 0 Å². The van der Waals surface area contributed by atoms with Gasteiger partial charge in [-0.1, -0.05) is 6.07 Å². The maximum absolute atomic E-state index is 12.5. The van der Waals surface area contributed by atoms with Gasteiger partial charge in [0.25, 0.3) is 0 Å². The molecule has 0 radical (unpaired) electrons. The molecule has 1 unspecified atom stereocenters. The largest absolute Gasteiger partial charge is 0.335 e. The molecular formula is C15H22N4O. The van der Waals surface area contributed by atoms with Crippen molar-refractivity contribution < 1.29 is 4.79 Å². The predicted octanol–water partition coefficient (Wildman–Crippen LogP) is 0.430. The van der Waals surface area contributed by atoms with Crippen LogP contribution in [0, 0.1) is 0 Å². The van der Waals surface area contributed by atoms with Crippen LogP contribution in [-0.2, 0) is 11.3 Å². The molecule has 0 spiro atoms. The fraction of sp³-hybridized carbons (Fsp3) is 0.600. The molecule has 1 aromatic heterocycles. The minimum absolute atomic E-state index is 0.0902. The summed E-state index contributed by atoms with van der Waals surface area (Å²) in [6.07, 6.45) is 2.74. The summed E-state index contributed by atoms with van der Waals surface area (Å²) in [6, 6.07) is 5.95. The van der Waals surface area contributed by atoms with Gasteiger partial charge in [0.1, 0.15) is 0 Å². The molecule has 1 atom stereocenters. The summed E-state index contributed by atoms with van der Waals surface area (Å²) in [4.78, 5) is 23.5. The van der Waals surface area contributed by atoms with Crippen LogP contribution in [0.2, 0.25) is 0 Å². The Labute approximate surface area is 120 Å². The number of piperazine rings is 1. The van der Waals surface area contributed by atoms with Crippen molar-refractivity contribution in [1.29, 1.82) is 0 Å². The van der Waals surface area contributed by atoms with Crippen molar-refractivity contribution in [2.45, 2.75) is 19.0 Å². The highest BCUT2D eigenvalue weighted by molar-refractivity contribution is 5.84. The first kappa shape index (κ1) is 13.5. The van der Waals surface area contributed by atoms with Crippen molar-refractivity contribution in [2.75, 3.05) is 39.8 Å². The Morgan fingerprint density at radius 1 is 1.20 bits per heavy atom. The lowest BCUT2D eigenvalue weighted by atomic mass is 10.2. The number of carbonyl (C=O) groups excluding carboxylic acids is 1. The fourth-order valence-electron chi connectivity index (χ4n) is 3.04. The topological polar surface area (TPSA) is 39.7 Å². The summed E-state index contributed by atoms with van der Waals surface area (Å²) >= 11 is 0. The highest BCUT2D eigenvalue weighted by atomic mass is 16.2. The first-order valence-electron chi connectivity index (χ1n) is 7.35. The quantitative estimate of drug-likeness (QED) is 0.801. The summed E-state index contributed by atoms with van der Waals surface area (Å²) in [5.41, 5.74) is 0.972. The highest BCUT2D eigenvalue weighted by Crippen LogP contribution is 2.20. The zero-order valence-electron chi connectivity index (χ0n) is 12.0. The standard InChI is InChI=1S/C15H22N4O/c1-17-8-10-18(11-9-17)14-5-7-19(15(14)20)12-13-4-2-3-6-16-13/h2-4,6,14H,5,7-12H2,1H3. The molecule has 2 saturated heterocycles. The average Bonchev–Trinajstić information content (AvgIpc) is 2.83. The van der Waals surface area contributed by atoms with Crippen LogP contribution >= 0.6 is 0 Å². The lowest BCUT2D eigenvalue weighted by Gasteiger charge is -2.35. The molecule has 3 rings (SSSR count). The number of pyridine rings is 1. The SMILES string of the molecule is CN1CCN(C2CCN(Cc3ccccn3)C2=O)CC1. The Kier molecular flexibility index (Phi) is 3.98. The van der Waals surface area contributed by atoms with Crippen molar-refractivity contribution in [3.63, 3.8) is 0 Å². The Hall–Kier alpha value is -1.46. The van der Waals surface area contributed by atoms with Crippen LogP contribution in [0.25, 0.3) is 0 Å². The van der Waals surface area contributed by atoms with E-state index in [-0.39, 0.29) is 11.9 Å². The lowest BCUT2D eigenvalue weighted by molar-refractivity contribution is -0.133. The molecule has 1 amide bonds. The van der Waals surface area contributed by atoms with Gasteiger partial charge in [-0.05, 0) is 25.6 Å². The van der Waals surface area contributed by atoms with Gasteiger partial charge in [-0.2, -0.15) is 0 Å². The number of aromatic nitrogens is 1. The van der Waals surface area contributed by atoms with Crippen molar-refractivity contribution >= 4 is 5.91 Å². The number of amides is 1. The second kappa shape index (κ2) is 5.89. The van der Waals surface area contributed by atoms with E-state index in [0.717, 1.165) is 44.8 Å². The molecule has 0 bridgehead atoms. The van der Waals surface area contributed by atoms with Crippen LogP contribution < -0.4 is 0 Å². The van der Waals surface area contributed by atoms with Crippen LogP contribution in [0.3, 0.4) is 0 Å². The number of nitrogens with zero attached hydrogens (tertiary/aromatic N) is 4. The van der Waals surface area contributed by atoms with Crippen molar-refractivity contribution in [1.82, 2.24) is 19.7 Å². The van der Waals surface area contributed by atoms with E-state index in [1.807, 2.05) is 23.1 Å². The van der Waals surface area contributed by atoms with Crippen LogP contribution in [0.4, 0.5) is 0 Å². The summed E-state index contributed by atoms with van der Waals surface area (Å²) in [5.74, 6) is 0.278. The summed E-state index contributed by atoms with van der Waals surface area (Å²) in [7, 11) is 2.14. The first-order valence-corrected chi connectivity index (χ1v) is 7.35. The molecule has 3 heterocycles. The summed E-state index contributed by atoms with van der Waals surface area (Å²) in [6.45, 7) is 5.62. The highest BCUT2D eigenvalue weighted by Gasteiger charge is 2.36. The Morgan fingerprint density at radius 3 is 2.70 bits per heavy atom. The van der Waals surface area contributed by atoms with Gasteiger partial charge in [-0.25, -0.2) is 0 Å². The van der Waals surface area contributed by atoms with Gasteiger partial charge in [0.2, 0.25) is 5.91 Å². The van der Waals surface area contributed by atoms with E-state index >= 15 is 0 Å². The molecule has 0 saturated carbocycles. The van der Waals surface area contributed by atoms with E-state index in [4.69, 9.17) is 0 Å². The van der Waals surface area contributed by atoms with Gasteiger partial charge >= 0.3 is 0 Å². The van der Waals surface area contributed by atoms with E-state index in [2.05, 4.69) is 21.8 Å². The second-order valence-electron chi connectivity index (χ2n) is 5.72. The molecule has 0 N–H and O–H groups in total. The summed E-state index contributed by atoms with van der Waals surface area (Å²) in [5, 5.41) is 0. The number of rotatable bonds is 3. The minimum Gasteiger partial charge on any atom is -0.335 e. The average molecular weight is 274 g/mol. The smallest absolute Gasteiger partial charge is 0.240 e. The third kappa shape index (κ3) is 2.83. The third-order valence-corrected chi connectivity index (χ3v) is 4.33. The summed E-state index contributed by atoms with van der Waals surface area (Å²) < 4.78 is 0. The van der Waals surface area contributed by atoms with Crippen LogP contribution in [0.15, 0.2) is 24.4 Å². The van der Waals surface area contributed by atoms with Crippen LogP contribution in [0.5, 0.6) is 0 Å². The van der Waals surface area contributed by atoms with E-state index in [9.17, 15) is 4.79 Å². The van der Waals surface area contributed by atoms with Gasteiger partial charge in [0.05, 0.1) is 18.3 Å². The minimum atomic E-state index is 0.0902. The van der Waals surface area contributed by atoms with Crippen LogP contribution in [0.1, 0.15) is 12.1 Å². The number of hydrogen-bond acceptors (Lipinski definition) is 4. The van der Waals surface area contributed by atoms with Gasteiger partial charge < -0.3 is 9.80 Å². The molecule has 2 aliphatic heterocycles. The van der Waals surface area contributed by atoms with Crippen molar-refractivity contribution in [2.24, 2.45) is 0 Å². The predicted molar refractivity (Wildman–Crippen MR) is 77.1 cm³/mol. The fourth-order valence-corrected chi connectivity index (χ4v) is 3.04. The van der Waals surface area contributed by atoms with Gasteiger partial charge in [-0.15, -0.1) is 0 Å². The number of likely N-dealkylation sites (N-methyl/N-ethyl adjacent to an activating group) is 1. The van der Waals surface area contributed by atoms with E-state index in [1.54, 1.807) is 6.20 Å². The van der Waals surface area contributed by atoms with Gasteiger partial charge in [0, 0.05) is 38.9 Å². The van der Waals surface area contributed by atoms with Gasteiger partial charge in [-0.3, -0.25) is 14.7 Å². The Balaban J connectivity index is 1.59. The van der Waals surface area contributed by atoms with Crippen molar-refractivity contribution in [3.05, 3.63) is 30.1 Å². The third-order valence-electron chi connectivity index (χ3n) is 4.33. The maximum atomic E-state index is 12.5. The number of hydrogen-bond donors (Lipinski definition) is 0. The molecule has 1 aromatic rings. The number of carbonyl (C=O) groups is 1. The molecule has 0 aliphatic carbocycles. The first-order chi connectivity index (χ1) is 9.74. The molecular weight excluding hydrogens is 252 g/mol. The molecule has 2 fully saturated rings. The maximum Gasteiger partial charge on any atom is 0.240 e. The molecule has 2 aliphatic rings. The molecule has 20 heavy (non-hydrogen) atoms. The second-order valence-corrected chi connectivity index (χ2v) is 5.72. The molecule has 5 nitrogen and oxygen atoms in total. The number of likely N-dealkylation sites (tertiary alicyclic amines) is 1. The zero-order valence-corrected chi connectivity index (χ0v) is 12.0. The molecule has 5 heteroatoms. The van der Waals surface area contributed by atoms with E-state index in [0.29, 0.717) is 6.54 Å². The Morgan fingerprint density at radius 2 is 2.00 bits per heavy atom. The van der Waals surface area contributed by atoms with Crippen LogP contribution in [-0.4, -0.2) is 71.4 Å². The normalized spacial score (nSPS) is 25.4. The van der Waals surface area contributed by atoms with E-state index < -0.39 is 0 Å². The van der Waals surface area contributed by atoms with Crippen molar-refractivity contribution in [3.8, 4) is 0 Å².